The van der Waals surface area contributed by atoms with Gasteiger partial charge in [0.05, 0.1) is 5.41 Å². The molecule has 0 radical (unpaired) electrons. The Bertz CT molecular complexity index is 2240. The fraction of sp³-hybridized carbons (Fsp3) is 0.0256. The molecular formula is C39H22N2. The molecule has 0 saturated heterocycles. The average molecular weight is 519 g/mol. The molecule has 0 atom stereocenters. The lowest BCUT2D eigenvalue weighted by Crippen LogP contribution is -2.26. The molecule has 1 heterocycles. The fourth-order valence-corrected chi connectivity index (χ4v) is 7.65. The van der Waals surface area contributed by atoms with E-state index in [0.717, 1.165) is 11.1 Å². The Morgan fingerprint density at radius 2 is 1.15 bits per heavy atom. The normalized spacial score (nSPS) is 13.5. The van der Waals surface area contributed by atoms with Crippen LogP contribution in [0, 0.1) is 11.3 Å². The summed E-state index contributed by atoms with van der Waals surface area (Å²) in [6, 6.07) is 48.6. The van der Waals surface area contributed by atoms with E-state index in [1.807, 2.05) is 12.1 Å². The van der Waals surface area contributed by atoms with Gasteiger partial charge in [-0.2, -0.15) is 5.26 Å². The van der Waals surface area contributed by atoms with Crippen molar-refractivity contribution in [1.29, 1.82) is 5.26 Å². The van der Waals surface area contributed by atoms with Crippen molar-refractivity contribution in [2.75, 3.05) is 0 Å². The van der Waals surface area contributed by atoms with E-state index in [4.69, 9.17) is 0 Å². The second kappa shape index (κ2) is 8.01. The topological polar surface area (TPSA) is 36.7 Å². The number of nitriles is 1. The van der Waals surface area contributed by atoms with Gasteiger partial charge in [0.1, 0.15) is 11.8 Å². The molecule has 6 aromatic carbocycles. The fourth-order valence-electron chi connectivity index (χ4n) is 7.65. The average Bonchev–Trinajstić information content (AvgIpc) is 3.52. The highest BCUT2D eigenvalue weighted by molar-refractivity contribution is 6.16. The van der Waals surface area contributed by atoms with Crippen molar-refractivity contribution < 1.29 is 0 Å². The number of pyridine rings is 1. The maximum absolute atomic E-state index is 9.67. The largest absolute Gasteiger partial charge is 0.246 e. The van der Waals surface area contributed by atoms with E-state index < -0.39 is 5.41 Å². The van der Waals surface area contributed by atoms with E-state index in [0.29, 0.717) is 5.69 Å². The molecule has 1 aromatic heterocycles. The van der Waals surface area contributed by atoms with Gasteiger partial charge in [0.25, 0.3) is 0 Å². The molecule has 41 heavy (non-hydrogen) atoms. The predicted octanol–water partition coefficient (Wildman–Crippen LogP) is 9.27. The summed E-state index contributed by atoms with van der Waals surface area (Å²) in [4.78, 5) is 4.27. The lowest BCUT2D eigenvalue weighted by molar-refractivity contribution is 0.795. The van der Waals surface area contributed by atoms with Crippen LogP contribution in [0.4, 0.5) is 0 Å². The van der Waals surface area contributed by atoms with E-state index in [1.54, 1.807) is 6.20 Å². The Balaban J connectivity index is 1.54. The van der Waals surface area contributed by atoms with Crippen molar-refractivity contribution in [2.24, 2.45) is 0 Å². The van der Waals surface area contributed by atoms with Crippen LogP contribution in [0.3, 0.4) is 0 Å². The van der Waals surface area contributed by atoms with E-state index in [-0.39, 0.29) is 0 Å². The van der Waals surface area contributed by atoms with Gasteiger partial charge >= 0.3 is 0 Å². The molecule has 0 bridgehead atoms. The highest BCUT2D eigenvalue weighted by atomic mass is 14.7. The molecular weight excluding hydrogens is 496 g/mol. The summed E-state index contributed by atoms with van der Waals surface area (Å²) in [7, 11) is 0. The number of aromatic nitrogens is 1. The summed E-state index contributed by atoms with van der Waals surface area (Å²) in [5, 5.41) is 14.6. The first kappa shape index (κ1) is 22.3. The highest BCUT2D eigenvalue weighted by Gasteiger charge is 2.52. The molecule has 0 N–H and O–H groups in total. The Kier molecular flexibility index (Phi) is 4.36. The number of hydrogen-bond donors (Lipinski definition) is 0. The zero-order chi connectivity index (χ0) is 27.1. The zero-order valence-electron chi connectivity index (χ0n) is 22.1. The Morgan fingerprint density at radius 1 is 0.512 bits per heavy atom. The molecule has 0 fully saturated rings. The standard InChI is InChI=1S/C39H22N2/c40-23-26-21-25(19-20-41-26)32-22-36-38(31-14-4-3-11-28(31)32)37-27-10-2-1-9-24(27)17-18-35(37)39(36)33-15-7-5-12-29(33)30-13-6-8-16-34(30)39/h1-22H. The van der Waals surface area contributed by atoms with Crippen LogP contribution in [0.1, 0.15) is 27.9 Å². The lowest BCUT2D eigenvalue weighted by Gasteiger charge is -2.31. The van der Waals surface area contributed by atoms with Gasteiger partial charge in [-0.15, -0.1) is 0 Å². The van der Waals surface area contributed by atoms with E-state index in [9.17, 15) is 5.26 Å². The molecule has 1 spiro atoms. The molecule has 2 aliphatic rings. The van der Waals surface area contributed by atoms with Crippen molar-refractivity contribution >= 4 is 21.5 Å². The molecule has 2 heteroatoms. The maximum atomic E-state index is 9.67. The maximum Gasteiger partial charge on any atom is 0.141 e. The smallest absolute Gasteiger partial charge is 0.141 e. The molecule has 7 aromatic rings. The predicted molar refractivity (Wildman–Crippen MR) is 166 cm³/mol. The highest BCUT2D eigenvalue weighted by Crippen LogP contribution is 2.65. The number of fused-ring (bicyclic) bond motifs is 14. The van der Waals surface area contributed by atoms with Crippen LogP contribution in [0.2, 0.25) is 0 Å². The van der Waals surface area contributed by atoms with Crippen LogP contribution in [0.25, 0.3) is 54.9 Å². The summed E-state index contributed by atoms with van der Waals surface area (Å²) in [5.41, 5.74) is 12.6. The van der Waals surface area contributed by atoms with Gasteiger partial charge in [-0.1, -0.05) is 109 Å². The van der Waals surface area contributed by atoms with Gasteiger partial charge in [-0.25, -0.2) is 4.98 Å². The number of benzene rings is 6. The van der Waals surface area contributed by atoms with Crippen molar-refractivity contribution in [1.82, 2.24) is 4.98 Å². The summed E-state index contributed by atoms with van der Waals surface area (Å²) in [6.07, 6.45) is 1.74. The third kappa shape index (κ3) is 2.73. The second-order valence-corrected chi connectivity index (χ2v) is 11.0. The van der Waals surface area contributed by atoms with Crippen LogP contribution < -0.4 is 0 Å². The van der Waals surface area contributed by atoms with Crippen molar-refractivity contribution in [3.63, 3.8) is 0 Å². The SMILES string of the molecule is N#Cc1cc(-c2cc3c(c4ccccc24)-c2c(ccc4ccccc24)C32c3ccccc3-c3ccccc32)ccn1. The molecule has 0 unspecified atom stereocenters. The third-order valence-electron chi connectivity index (χ3n) is 9.17. The minimum atomic E-state index is -0.453. The van der Waals surface area contributed by atoms with Gasteiger partial charge in [-0.05, 0) is 95.4 Å². The van der Waals surface area contributed by atoms with Crippen molar-refractivity contribution in [2.45, 2.75) is 5.41 Å². The van der Waals surface area contributed by atoms with E-state index in [1.165, 1.54) is 66.1 Å². The van der Waals surface area contributed by atoms with Crippen LogP contribution >= 0.6 is 0 Å². The summed E-state index contributed by atoms with van der Waals surface area (Å²) in [6.45, 7) is 0. The van der Waals surface area contributed by atoms with E-state index >= 15 is 0 Å². The second-order valence-electron chi connectivity index (χ2n) is 11.0. The molecule has 0 aliphatic heterocycles. The van der Waals surface area contributed by atoms with Crippen molar-refractivity contribution in [3.05, 3.63) is 162 Å². The number of hydrogen-bond acceptors (Lipinski definition) is 2. The zero-order valence-corrected chi connectivity index (χ0v) is 22.1. The summed E-state index contributed by atoms with van der Waals surface area (Å²) in [5.74, 6) is 0. The van der Waals surface area contributed by atoms with Gasteiger partial charge in [-0.3, -0.25) is 0 Å². The van der Waals surface area contributed by atoms with Gasteiger partial charge < -0.3 is 0 Å². The molecule has 188 valence electrons. The van der Waals surface area contributed by atoms with E-state index in [2.05, 4.69) is 126 Å². The first-order valence-corrected chi connectivity index (χ1v) is 14.0. The molecule has 0 saturated carbocycles. The van der Waals surface area contributed by atoms with Crippen LogP contribution in [0.5, 0.6) is 0 Å². The van der Waals surface area contributed by atoms with Gasteiger partial charge in [0.2, 0.25) is 0 Å². The first-order chi connectivity index (χ1) is 20.3. The van der Waals surface area contributed by atoms with Crippen LogP contribution in [-0.4, -0.2) is 4.98 Å². The molecule has 9 rings (SSSR count). The minimum absolute atomic E-state index is 0.424. The van der Waals surface area contributed by atoms with Gasteiger partial charge in [0, 0.05) is 6.20 Å². The lowest BCUT2D eigenvalue weighted by atomic mass is 9.70. The third-order valence-corrected chi connectivity index (χ3v) is 9.17. The summed E-state index contributed by atoms with van der Waals surface area (Å²) >= 11 is 0. The molecule has 2 aliphatic carbocycles. The quantitative estimate of drug-likeness (QED) is 0.217. The monoisotopic (exact) mass is 518 g/mol. The van der Waals surface area contributed by atoms with Crippen LogP contribution in [0.15, 0.2) is 134 Å². The minimum Gasteiger partial charge on any atom is -0.246 e. The Hall–Kier alpha value is -5.52. The molecule has 2 nitrogen and oxygen atoms in total. The number of nitrogens with zero attached hydrogens (tertiary/aromatic N) is 2. The van der Waals surface area contributed by atoms with Crippen LogP contribution in [-0.2, 0) is 5.41 Å². The first-order valence-electron chi connectivity index (χ1n) is 14.0. The number of rotatable bonds is 1. The summed E-state index contributed by atoms with van der Waals surface area (Å²) < 4.78 is 0. The van der Waals surface area contributed by atoms with Crippen molar-refractivity contribution in [3.8, 4) is 39.4 Å². The Morgan fingerprint density at radius 3 is 1.90 bits per heavy atom. The molecule has 0 amide bonds. The van der Waals surface area contributed by atoms with Gasteiger partial charge in [0.15, 0.2) is 0 Å². The Labute approximate surface area is 237 Å².